The molecule has 0 fully saturated rings. The first kappa shape index (κ1) is 24.2. The van der Waals surface area contributed by atoms with Gasteiger partial charge in [0.2, 0.25) is 0 Å². The molecule has 0 aliphatic heterocycles. The van der Waals surface area contributed by atoms with Crippen molar-refractivity contribution in [3.8, 4) is 0 Å². The van der Waals surface area contributed by atoms with Crippen molar-refractivity contribution in [2.45, 2.75) is 110 Å². The molecule has 0 aromatic carbocycles. The largest absolute Gasteiger partial charge is 0.348 e. The predicted molar refractivity (Wildman–Crippen MR) is 96.7 cm³/mol. The topological polar surface area (TPSA) is 26.3 Å². The lowest BCUT2D eigenvalue weighted by Gasteiger charge is -2.03. The van der Waals surface area contributed by atoms with Crippen LogP contribution < -0.4 is 0 Å². The van der Waals surface area contributed by atoms with Crippen molar-refractivity contribution >= 4 is 23.3 Å². The highest BCUT2D eigenvalue weighted by Gasteiger charge is 2.01. The summed E-state index contributed by atoms with van der Waals surface area (Å²) in [5.41, 5.74) is 0. The van der Waals surface area contributed by atoms with Crippen LogP contribution in [0, 0.1) is 0 Å². The van der Waals surface area contributed by atoms with E-state index in [-0.39, 0.29) is 23.8 Å². The first-order valence-electron chi connectivity index (χ1n) is 9.12. The number of rotatable bonds is 16. The summed E-state index contributed by atoms with van der Waals surface area (Å²) in [6.07, 6.45) is 19.5. The van der Waals surface area contributed by atoms with E-state index in [0.717, 1.165) is 19.3 Å². The van der Waals surface area contributed by atoms with Crippen LogP contribution in [-0.2, 0) is 9.74 Å². The Bertz CT molecular complexity index is 225. The molecule has 4 heteroatoms. The molecule has 0 bridgehead atoms. The normalized spacial score (nSPS) is 10.3. The van der Waals surface area contributed by atoms with E-state index in [2.05, 4.69) is 11.9 Å². The zero-order chi connectivity index (χ0) is 15.6. The third-order valence-corrected chi connectivity index (χ3v) is 4.07. The Kier molecular flexibility index (Phi) is 23.0. The molecule has 0 N–H and O–H groups in total. The Labute approximate surface area is 147 Å². The molecule has 0 heterocycles. The molecule has 0 rings (SSSR count). The molecule has 0 unspecified atom stereocenters. The summed E-state index contributed by atoms with van der Waals surface area (Å²) in [7, 11) is 0. The average molecular weight is 332 g/mol. The lowest BCUT2D eigenvalue weighted by atomic mass is 10.0. The van der Waals surface area contributed by atoms with Gasteiger partial charge < -0.3 is 0 Å². The van der Waals surface area contributed by atoms with Crippen LogP contribution in [0.3, 0.4) is 0 Å². The Morgan fingerprint density at radius 1 is 0.682 bits per heavy atom. The SMILES string of the molecule is CCCCCCCCCCCCCCCCCC(=O)OF.[AlH3]. The van der Waals surface area contributed by atoms with Crippen molar-refractivity contribution in [2.24, 2.45) is 0 Å². The predicted octanol–water partition coefficient (Wildman–Crippen LogP) is 5.49. The van der Waals surface area contributed by atoms with Gasteiger partial charge in [0.25, 0.3) is 0 Å². The molecule has 0 spiro atoms. The number of carbonyl (C=O) groups excluding carboxylic acids is 1. The third-order valence-electron chi connectivity index (χ3n) is 4.07. The van der Waals surface area contributed by atoms with Crippen molar-refractivity contribution < 1.29 is 14.3 Å². The van der Waals surface area contributed by atoms with E-state index in [9.17, 15) is 9.32 Å². The summed E-state index contributed by atoms with van der Waals surface area (Å²) < 4.78 is 11.4. The maximum Gasteiger partial charge on any atom is 0.348 e. The average Bonchev–Trinajstić information content (AvgIpc) is 2.50. The summed E-state index contributed by atoms with van der Waals surface area (Å²) >= 11 is 0. The molecule has 0 amide bonds. The standard InChI is InChI=1S/C18H35FO2.Al.3H/c1-2-3-4-5-6-7-8-9-10-11-12-13-14-15-16-17-18(20)21-19;;;;/h2-17H2,1H3;;;;. The van der Waals surface area contributed by atoms with Crippen LogP contribution in [0.5, 0.6) is 0 Å². The van der Waals surface area contributed by atoms with Gasteiger partial charge in [-0.15, -0.1) is 0 Å². The van der Waals surface area contributed by atoms with Crippen LogP contribution in [0.1, 0.15) is 110 Å². The molecule has 22 heavy (non-hydrogen) atoms. The van der Waals surface area contributed by atoms with Crippen molar-refractivity contribution in [2.75, 3.05) is 0 Å². The van der Waals surface area contributed by atoms with Gasteiger partial charge in [-0.3, -0.25) is 4.94 Å². The second kappa shape index (κ2) is 20.9. The fourth-order valence-electron chi connectivity index (χ4n) is 2.68. The fourth-order valence-corrected chi connectivity index (χ4v) is 2.68. The minimum atomic E-state index is -0.732. The van der Waals surface area contributed by atoms with Crippen LogP contribution in [0.15, 0.2) is 0 Å². The molecule has 0 aliphatic carbocycles. The quantitative estimate of drug-likeness (QED) is 0.276. The first-order valence-corrected chi connectivity index (χ1v) is 9.12. The zero-order valence-corrected chi connectivity index (χ0v) is 14.0. The highest BCUT2D eigenvalue weighted by molar-refractivity contribution is 5.75. The highest BCUT2D eigenvalue weighted by Crippen LogP contribution is 2.13. The first-order chi connectivity index (χ1) is 10.3. The molecule has 0 saturated heterocycles. The van der Waals surface area contributed by atoms with E-state index in [4.69, 9.17) is 0 Å². The number of unbranched alkanes of at least 4 members (excludes halogenated alkanes) is 14. The minimum absolute atomic E-state index is 0. The molecule has 0 aliphatic rings. The Morgan fingerprint density at radius 3 is 1.32 bits per heavy atom. The second-order valence-electron chi connectivity index (χ2n) is 6.15. The summed E-state index contributed by atoms with van der Waals surface area (Å²) in [5, 5.41) is 0. The Hall–Kier alpha value is -0.0675. The lowest BCUT2D eigenvalue weighted by Crippen LogP contribution is -1.96. The summed E-state index contributed by atoms with van der Waals surface area (Å²) in [5.74, 6) is -0.732. The summed E-state index contributed by atoms with van der Waals surface area (Å²) in [6.45, 7) is 2.26. The molecule has 0 saturated carbocycles. The van der Waals surface area contributed by atoms with Crippen molar-refractivity contribution in [3.05, 3.63) is 0 Å². The molecule has 0 aromatic heterocycles. The lowest BCUT2D eigenvalue weighted by molar-refractivity contribution is -0.183. The van der Waals surface area contributed by atoms with Gasteiger partial charge in [0.1, 0.15) is 0 Å². The highest BCUT2D eigenvalue weighted by atomic mass is 27.0. The monoisotopic (exact) mass is 332 g/mol. The maximum atomic E-state index is 11.4. The zero-order valence-electron chi connectivity index (χ0n) is 14.0. The summed E-state index contributed by atoms with van der Waals surface area (Å²) in [4.78, 5) is 13.7. The van der Waals surface area contributed by atoms with Gasteiger partial charge in [0.05, 0.1) is 0 Å². The van der Waals surface area contributed by atoms with E-state index in [1.165, 1.54) is 77.0 Å². The van der Waals surface area contributed by atoms with Gasteiger partial charge in [-0.25, -0.2) is 4.79 Å². The molecular formula is C18H38AlFO2. The van der Waals surface area contributed by atoms with E-state index < -0.39 is 5.97 Å². The number of hydrogen-bond acceptors (Lipinski definition) is 2. The molecule has 0 aromatic rings. The minimum Gasteiger partial charge on any atom is -0.255 e. The van der Waals surface area contributed by atoms with E-state index >= 15 is 0 Å². The van der Waals surface area contributed by atoms with E-state index in [0.29, 0.717) is 0 Å². The van der Waals surface area contributed by atoms with Crippen LogP contribution in [0.2, 0.25) is 0 Å². The van der Waals surface area contributed by atoms with Gasteiger partial charge in [-0.05, 0) is 6.42 Å². The number of carbonyl (C=O) groups is 1. The van der Waals surface area contributed by atoms with Crippen LogP contribution in [0.25, 0.3) is 0 Å². The smallest absolute Gasteiger partial charge is 0.255 e. The number of hydrogen-bond donors (Lipinski definition) is 0. The Balaban J connectivity index is 0. The third kappa shape index (κ3) is 19.9. The number of halogens is 1. The Morgan fingerprint density at radius 2 is 1.00 bits per heavy atom. The van der Waals surface area contributed by atoms with Gasteiger partial charge >= 0.3 is 5.97 Å². The molecule has 0 atom stereocenters. The second-order valence-corrected chi connectivity index (χ2v) is 6.15. The molecule has 0 radical (unpaired) electrons. The van der Waals surface area contributed by atoms with Crippen molar-refractivity contribution in [1.29, 1.82) is 0 Å². The molecule has 2 nitrogen and oxygen atoms in total. The molecular weight excluding hydrogens is 294 g/mol. The van der Waals surface area contributed by atoms with Crippen molar-refractivity contribution in [1.82, 2.24) is 0 Å². The van der Waals surface area contributed by atoms with Gasteiger partial charge in [0.15, 0.2) is 17.4 Å². The van der Waals surface area contributed by atoms with Gasteiger partial charge in [-0.2, -0.15) is 0 Å². The molecule has 132 valence electrons. The van der Waals surface area contributed by atoms with Crippen LogP contribution >= 0.6 is 0 Å². The van der Waals surface area contributed by atoms with Crippen molar-refractivity contribution in [3.63, 3.8) is 0 Å². The van der Waals surface area contributed by atoms with Gasteiger partial charge in [0, 0.05) is 10.9 Å². The van der Waals surface area contributed by atoms with E-state index in [1.54, 1.807) is 0 Å². The van der Waals surface area contributed by atoms with Gasteiger partial charge in [-0.1, -0.05) is 96.8 Å². The van der Waals surface area contributed by atoms with Crippen LogP contribution in [0.4, 0.5) is 4.53 Å². The van der Waals surface area contributed by atoms with Crippen LogP contribution in [-0.4, -0.2) is 23.3 Å². The summed E-state index contributed by atoms with van der Waals surface area (Å²) in [6, 6.07) is 0. The maximum absolute atomic E-state index is 11.4. The fraction of sp³-hybridized carbons (Fsp3) is 0.944. The van der Waals surface area contributed by atoms with E-state index in [1.807, 2.05) is 0 Å².